The molecule has 2 aromatic carbocycles. The van der Waals surface area contributed by atoms with E-state index >= 15 is 0 Å². The van der Waals surface area contributed by atoms with E-state index < -0.39 is 51.2 Å². The highest BCUT2D eigenvalue weighted by atomic mass is 32.2. The lowest BCUT2D eigenvalue weighted by Gasteiger charge is -2.12. The van der Waals surface area contributed by atoms with Crippen LogP contribution in [0.2, 0.25) is 0 Å². The van der Waals surface area contributed by atoms with E-state index in [0.29, 0.717) is 11.1 Å². The maximum Gasteiger partial charge on any atom is 0.292 e. The smallest absolute Gasteiger partial charge is 0.292 e. The van der Waals surface area contributed by atoms with Crippen LogP contribution in [0, 0.1) is 20.2 Å². The number of hydrogen-bond acceptors (Lipinski definition) is 8. The minimum absolute atomic E-state index is 0.293. The summed E-state index contributed by atoms with van der Waals surface area (Å²) >= 11 is 0. The third-order valence-electron chi connectivity index (χ3n) is 3.79. The zero-order chi connectivity index (χ0) is 20.6. The summed E-state index contributed by atoms with van der Waals surface area (Å²) in [5.74, 6) is -0.955. The molecule has 0 N–H and O–H groups in total. The van der Waals surface area contributed by atoms with Gasteiger partial charge in [0.25, 0.3) is 22.2 Å². The van der Waals surface area contributed by atoms with Gasteiger partial charge < -0.3 is 4.74 Å². The summed E-state index contributed by atoms with van der Waals surface area (Å²) in [6.45, 7) is -1.20. The number of ether oxygens (including phenoxy) is 1. The number of nitrogens with zero attached hydrogens (tertiary/aromatic N) is 2. The first-order valence-corrected chi connectivity index (χ1v) is 9.69. The molecule has 2 aromatic rings. The van der Waals surface area contributed by atoms with Crippen molar-refractivity contribution in [1.29, 1.82) is 0 Å². The molecule has 0 aromatic heterocycles. The number of benzene rings is 2. The Kier molecular flexibility index (Phi) is 7.55. The maximum absolute atomic E-state index is 11.9. The fourth-order valence-corrected chi connectivity index (χ4v) is 3.08. The van der Waals surface area contributed by atoms with Crippen LogP contribution in [-0.4, -0.2) is 37.4 Å². The van der Waals surface area contributed by atoms with Gasteiger partial charge >= 0.3 is 0 Å². The molecule has 0 aliphatic carbocycles. The van der Waals surface area contributed by atoms with Crippen molar-refractivity contribution < 1.29 is 27.2 Å². The molecule has 150 valence electrons. The Morgan fingerprint density at radius 3 is 1.64 bits per heavy atom. The van der Waals surface area contributed by atoms with Gasteiger partial charge in [0.2, 0.25) is 0 Å². The van der Waals surface area contributed by atoms with Gasteiger partial charge in [-0.05, 0) is 0 Å². The van der Waals surface area contributed by atoms with Gasteiger partial charge in [-0.25, -0.2) is 0 Å². The average Bonchev–Trinajstić information content (AvgIpc) is 2.66. The normalized spacial score (nSPS) is 13.6. The largest absolute Gasteiger partial charge is 0.355 e. The minimum atomic E-state index is -4.27. The molecule has 11 heteroatoms. The summed E-state index contributed by atoms with van der Waals surface area (Å²) in [4.78, 5) is 21.1. The van der Waals surface area contributed by atoms with Crippen LogP contribution in [0.5, 0.6) is 0 Å². The Balaban J connectivity index is 1.92. The fraction of sp³-hybridized carbons (Fsp3) is 0.294. The van der Waals surface area contributed by atoms with Crippen LogP contribution in [0.25, 0.3) is 0 Å². The van der Waals surface area contributed by atoms with E-state index in [1.807, 2.05) is 0 Å². The lowest BCUT2D eigenvalue weighted by molar-refractivity contribution is -0.533. The predicted molar refractivity (Wildman–Crippen MR) is 98.0 cm³/mol. The van der Waals surface area contributed by atoms with Crippen LogP contribution in [0.4, 0.5) is 0 Å². The van der Waals surface area contributed by atoms with Crippen molar-refractivity contribution in [3.63, 3.8) is 0 Å². The molecule has 0 amide bonds. The Bertz CT molecular complexity index is 890. The summed E-state index contributed by atoms with van der Waals surface area (Å²) in [5, 5.41) is 22.3. The summed E-state index contributed by atoms with van der Waals surface area (Å²) in [5.41, 5.74) is 0.657. The zero-order valence-corrected chi connectivity index (χ0v) is 15.4. The summed E-state index contributed by atoms with van der Waals surface area (Å²) in [7, 11) is -4.27. The zero-order valence-electron chi connectivity index (χ0n) is 14.6. The van der Waals surface area contributed by atoms with E-state index in [2.05, 4.69) is 0 Å². The third kappa shape index (κ3) is 6.37. The fourth-order valence-electron chi connectivity index (χ4n) is 2.37. The third-order valence-corrected chi connectivity index (χ3v) is 4.74. The summed E-state index contributed by atoms with van der Waals surface area (Å²) in [6.07, 6.45) is 0. The second-order valence-electron chi connectivity index (χ2n) is 5.75. The Labute approximate surface area is 161 Å². The summed E-state index contributed by atoms with van der Waals surface area (Å²) in [6, 6.07) is 13.2. The molecule has 2 atom stereocenters. The second-order valence-corrected chi connectivity index (χ2v) is 7.34. The first-order valence-electron chi connectivity index (χ1n) is 8.12. The molecule has 0 aliphatic heterocycles. The van der Waals surface area contributed by atoms with Crippen molar-refractivity contribution in [1.82, 2.24) is 0 Å². The molecule has 0 radical (unpaired) electrons. The molecule has 2 unspecified atom stereocenters. The quantitative estimate of drug-likeness (QED) is 0.312. The average molecular weight is 410 g/mol. The van der Waals surface area contributed by atoms with E-state index in [1.165, 1.54) is 24.3 Å². The van der Waals surface area contributed by atoms with Gasteiger partial charge in [0, 0.05) is 21.0 Å². The number of rotatable bonds is 11. The van der Waals surface area contributed by atoms with Gasteiger partial charge in [-0.3, -0.25) is 24.4 Å². The van der Waals surface area contributed by atoms with Gasteiger partial charge in [-0.15, -0.1) is 0 Å². The molecule has 0 fully saturated rings. The van der Waals surface area contributed by atoms with E-state index in [4.69, 9.17) is 8.92 Å². The van der Waals surface area contributed by atoms with Crippen LogP contribution in [0.15, 0.2) is 60.7 Å². The molecule has 28 heavy (non-hydrogen) atoms. The molecule has 10 nitrogen and oxygen atoms in total. The van der Waals surface area contributed by atoms with Crippen LogP contribution < -0.4 is 0 Å². The lowest BCUT2D eigenvalue weighted by Crippen LogP contribution is -2.24. The first-order chi connectivity index (χ1) is 13.3. The van der Waals surface area contributed by atoms with E-state index in [0.717, 1.165) is 0 Å². The van der Waals surface area contributed by atoms with Crippen LogP contribution in [0.1, 0.15) is 23.2 Å². The van der Waals surface area contributed by atoms with Crippen molar-refractivity contribution >= 4 is 10.1 Å². The lowest BCUT2D eigenvalue weighted by atomic mass is 10.1. The van der Waals surface area contributed by atoms with Gasteiger partial charge in [-0.2, -0.15) is 8.42 Å². The number of nitro groups is 2. The maximum atomic E-state index is 11.9. The SMILES string of the molecule is O=[N+]([O-])C(COCS(=O)(=O)OCC(c1ccccc1)[N+](=O)[O-])c1ccccc1. The molecule has 0 aliphatic rings. The number of hydrogen-bond donors (Lipinski definition) is 0. The van der Waals surface area contributed by atoms with Gasteiger partial charge in [0.05, 0.1) is 0 Å². The molecule has 2 rings (SSSR count). The van der Waals surface area contributed by atoms with Crippen molar-refractivity contribution in [3.05, 3.63) is 92.0 Å². The van der Waals surface area contributed by atoms with Crippen LogP contribution >= 0.6 is 0 Å². The Morgan fingerprint density at radius 2 is 1.21 bits per heavy atom. The monoisotopic (exact) mass is 410 g/mol. The molecular formula is C17H18N2O8S. The Morgan fingerprint density at radius 1 is 0.786 bits per heavy atom. The van der Waals surface area contributed by atoms with Crippen LogP contribution in [-0.2, 0) is 19.0 Å². The minimum Gasteiger partial charge on any atom is -0.355 e. The molecule has 0 saturated carbocycles. The van der Waals surface area contributed by atoms with Crippen LogP contribution in [0.3, 0.4) is 0 Å². The first kappa shape index (κ1) is 21.4. The van der Waals surface area contributed by atoms with Crippen molar-refractivity contribution in [2.24, 2.45) is 0 Å². The molecule has 0 bridgehead atoms. The van der Waals surface area contributed by atoms with Gasteiger partial charge in [-0.1, -0.05) is 60.7 Å². The standard InChI is InChI=1S/C17H18N2O8S/c20-18(21)16(14-7-3-1-4-8-14)11-26-13-28(24,25)27-12-17(19(22)23)15-9-5-2-6-10-15/h1-10,16-17H,11-13H2. The molecule has 0 spiro atoms. The van der Waals surface area contributed by atoms with E-state index in [9.17, 15) is 28.6 Å². The van der Waals surface area contributed by atoms with Gasteiger partial charge in [0.1, 0.15) is 13.2 Å². The predicted octanol–water partition coefficient (Wildman–Crippen LogP) is 2.34. The van der Waals surface area contributed by atoms with E-state index in [1.54, 1.807) is 36.4 Å². The van der Waals surface area contributed by atoms with E-state index in [-0.39, 0.29) is 0 Å². The Hall–Kier alpha value is -2.89. The molecule has 0 saturated heterocycles. The second kappa shape index (κ2) is 9.88. The highest BCUT2D eigenvalue weighted by Gasteiger charge is 2.28. The van der Waals surface area contributed by atoms with Crippen molar-refractivity contribution in [2.45, 2.75) is 12.1 Å². The summed E-state index contributed by atoms with van der Waals surface area (Å²) < 4.78 is 33.5. The highest BCUT2D eigenvalue weighted by molar-refractivity contribution is 7.86. The van der Waals surface area contributed by atoms with Crippen molar-refractivity contribution in [3.8, 4) is 0 Å². The molecule has 0 heterocycles. The van der Waals surface area contributed by atoms with Crippen molar-refractivity contribution in [2.75, 3.05) is 19.2 Å². The molecular weight excluding hydrogens is 392 g/mol. The topological polar surface area (TPSA) is 139 Å². The highest BCUT2D eigenvalue weighted by Crippen LogP contribution is 2.19. The van der Waals surface area contributed by atoms with Gasteiger partial charge in [0.15, 0.2) is 5.94 Å².